The average Bonchev–Trinajstić information content (AvgIpc) is 2.73. The Balaban J connectivity index is 2.61. The number of nitrogens with zero attached hydrogens (tertiary/aromatic N) is 1. The minimum absolute atomic E-state index is 0.156. The van der Waals surface area contributed by atoms with Gasteiger partial charge in [-0.05, 0) is 31.2 Å². The molecule has 0 radical (unpaired) electrons. The molecule has 2 amide bonds. The van der Waals surface area contributed by atoms with Crippen LogP contribution in [0, 0.1) is 0 Å². The SMILES string of the molecule is CC/C=C/c1c[n+](CCCC[C@H](NC(=O)CNC(C)=O)C(=O)OC)ccc1CCC. The van der Waals surface area contributed by atoms with Crippen LogP contribution in [0.2, 0.25) is 0 Å². The van der Waals surface area contributed by atoms with Gasteiger partial charge in [0.15, 0.2) is 12.4 Å². The molecule has 0 spiro atoms. The third-order valence-corrected chi connectivity index (χ3v) is 4.67. The van der Waals surface area contributed by atoms with Gasteiger partial charge in [-0.15, -0.1) is 0 Å². The Morgan fingerprint density at radius 2 is 2.00 bits per heavy atom. The largest absolute Gasteiger partial charge is 0.467 e. The van der Waals surface area contributed by atoms with Gasteiger partial charge in [0, 0.05) is 25.0 Å². The van der Waals surface area contributed by atoms with Gasteiger partial charge in [0.2, 0.25) is 11.8 Å². The first-order valence-electron chi connectivity index (χ1n) is 10.7. The van der Waals surface area contributed by atoms with Gasteiger partial charge in [-0.3, -0.25) is 9.59 Å². The standard InChI is InChI=1S/C23H35N3O4/c1-5-7-11-20-17-26(15-13-19(20)10-6-2)14-9-8-12-21(23(29)30-4)25-22(28)16-24-18(3)27/h7,11,13,15,17,21H,5-6,8-10,12,14,16H2,1-4H3,(H-,24,25,27,28)/p+1/b11-7+/t21-/m0/s1. The van der Waals surface area contributed by atoms with Gasteiger partial charge in [-0.25, -0.2) is 9.36 Å². The van der Waals surface area contributed by atoms with E-state index in [1.165, 1.54) is 25.2 Å². The molecule has 0 aliphatic heterocycles. The smallest absolute Gasteiger partial charge is 0.328 e. The zero-order chi connectivity index (χ0) is 22.4. The summed E-state index contributed by atoms with van der Waals surface area (Å²) in [6.45, 7) is 6.31. The maximum absolute atomic E-state index is 12.0. The van der Waals surface area contributed by atoms with E-state index in [1.54, 1.807) is 0 Å². The molecule has 0 bridgehead atoms. The van der Waals surface area contributed by atoms with Crippen LogP contribution in [0.3, 0.4) is 0 Å². The zero-order valence-electron chi connectivity index (χ0n) is 18.7. The van der Waals surface area contributed by atoms with E-state index in [1.807, 2.05) is 0 Å². The van der Waals surface area contributed by atoms with Crippen molar-refractivity contribution in [3.63, 3.8) is 0 Å². The lowest BCUT2D eigenvalue weighted by molar-refractivity contribution is -0.697. The fraction of sp³-hybridized carbons (Fsp3) is 0.565. The van der Waals surface area contributed by atoms with E-state index >= 15 is 0 Å². The monoisotopic (exact) mass is 418 g/mol. The Kier molecular flexibility index (Phi) is 12.1. The number of amides is 2. The summed E-state index contributed by atoms with van der Waals surface area (Å²) >= 11 is 0. The highest BCUT2D eigenvalue weighted by atomic mass is 16.5. The first-order chi connectivity index (χ1) is 14.4. The summed E-state index contributed by atoms with van der Waals surface area (Å²) in [6.07, 6.45) is 13.9. The number of aryl methyl sites for hydroxylation is 2. The average molecular weight is 419 g/mol. The highest BCUT2D eigenvalue weighted by molar-refractivity contribution is 5.87. The van der Waals surface area contributed by atoms with Crippen molar-refractivity contribution in [3.05, 3.63) is 35.7 Å². The molecule has 166 valence electrons. The Hall–Kier alpha value is -2.70. The fourth-order valence-corrected chi connectivity index (χ4v) is 3.10. The molecular formula is C23H36N3O4+. The van der Waals surface area contributed by atoms with Gasteiger partial charge in [0.1, 0.15) is 12.6 Å². The number of aromatic nitrogens is 1. The number of rotatable bonds is 13. The molecule has 0 aliphatic rings. The van der Waals surface area contributed by atoms with E-state index in [0.717, 1.165) is 38.6 Å². The first kappa shape index (κ1) is 25.3. The van der Waals surface area contributed by atoms with Gasteiger partial charge in [-0.1, -0.05) is 32.4 Å². The Bertz CT molecular complexity index is 731. The van der Waals surface area contributed by atoms with E-state index in [2.05, 4.69) is 59.7 Å². The van der Waals surface area contributed by atoms with Crippen molar-refractivity contribution < 1.29 is 23.7 Å². The molecular weight excluding hydrogens is 382 g/mol. The van der Waals surface area contributed by atoms with Crippen molar-refractivity contribution in [2.45, 2.75) is 71.9 Å². The molecule has 2 N–H and O–H groups in total. The number of esters is 1. The van der Waals surface area contributed by atoms with E-state index in [-0.39, 0.29) is 12.5 Å². The summed E-state index contributed by atoms with van der Waals surface area (Å²) in [5, 5.41) is 5.05. The van der Waals surface area contributed by atoms with Crippen LogP contribution < -0.4 is 15.2 Å². The molecule has 30 heavy (non-hydrogen) atoms. The summed E-state index contributed by atoms with van der Waals surface area (Å²) in [7, 11) is 1.30. The van der Waals surface area contributed by atoms with Crippen LogP contribution >= 0.6 is 0 Å². The molecule has 0 unspecified atom stereocenters. The molecule has 1 aromatic heterocycles. The fourth-order valence-electron chi connectivity index (χ4n) is 3.10. The van der Waals surface area contributed by atoms with Crippen LogP contribution in [0.1, 0.15) is 64.0 Å². The molecule has 7 nitrogen and oxygen atoms in total. The van der Waals surface area contributed by atoms with Gasteiger partial charge in [-0.2, -0.15) is 0 Å². The number of hydrogen-bond acceptors (Lipinski definition) is 4. The van der Waals surface area contributed by atoms with Crippen LogP contribution in [-0.2, 0) is 32.1 Å². The minimum atomic E-state index is -0.712. The second-order valence-corrected chi connectivity index (χ2v) is 7.27. The second-order valence-electron chi connectivity index (χ2n) is 7.27. The quantitative estimate of drug-likeness (QED) is 0.292. The van der Waals surface area contributed by atoms with Crippen LogP contribution in [0.4, 0.5) is 0 Å². The molecule has 0 fully saturated rings. The lowest BCUT2D eigenvalue weighted by Gasteiger charge is -2.16. The van der Waals surface area contributed by atoms with Gasteiger partial charge in [0.05, 0.1) is 13.7 Å². The summed E-state index contributed by atoms with van der Waals surface area (Å²) < 4.78 is 6.95. The molecule has 0 aliphatic carbocycles. The van der Waals surface area contributed by atoms with Crippen molar-refractivity contribution in [1.82, 2.24) is 10.6 Å². The van der Waals surface area contributed by atoms with E-state index in [4.69, 9.17) is 4.74 Å². The van der Waals surface area contributed by atoms with Crippen molar-refractivity contribution in [2.75, 3.05) is 13.7 Å². The third kappa shape index (κ3) is 9.67. The van der Waals surface area contributed by atoms with E-state index < -0.39 is 17.9 Å². The highest BCUT2D eigenvalue weighted by Gasteiger charge is 2.21. The summed E-state index contributed by atoms with van der Waals surface area (Å²) in [5.41, 5.74) is 2.60. The van der Waals surface area contributed by atoms with Crippen molar-refractivity contribution >= 4 is 23.9 Å². The molecule has 1 heterocycles. The second kappa shape index (κ2) is 14.3. The minimum Gasteiger partial charge on any atom is -0.467 e. The van der Waals surface area contributed by atoms with Gasteiger partial charge < -0.3 is 15.4 Å². The number of carbonyl (C=O) groups excluding carboxylic acids is 3. The summed E-state index contributed by atoms with van der Waals surface area (Å²) in [6, 6.07) is 1.47. The lowest BCUT2D eigenvalue weighted by atomic mass is 10.0. The number of pyridine rings is 1. The molecule has 0 aromatic carbocycles. The first-order valence-corrected chi connectivity index (χ1v) is 10.7. The number of allylic oxidation sites excluding steroid dienone is 1. The van der Waals surface area contributed by atoms with Crippen LogP contribution in [0.5, 0.6) is 0 Å². The number of methoxy groups -OCH3 is 1. The molecule has 1 aromatic rings. The molecule has 1 atom stereocenters. The number of ether oxygens (including phenoxy) is 1. The normalized spacial score (nSPS) is 11.9. The molecule has 1 rings (SSSR count). The van der Waals surface area contributed by atoms with Crippen LogP contribution in [0.25, 0.3) is 6.08 Å². The number of nitrogens with one attached hydrogen (secondary N) is 2. The number of carbonyl (C=O) groups is 3. The zero-order valence-corrected chi connectivity index (χ0v) is 18.7. The Morgan fingerprint density at radius 1 is 1.23 bits per heavy atom. The van der Waals surface area contributed by atoms with Gasteiger partial charge >= 0.3 is 5.97 Å². The van der Waals surface area contributed by atoms with Crippen molar-refractivity contribution in [1.29, 1.82) is 0 Å². The van der Waals surface area contributed by atoms with Crippen LogP contribution in [-0.4, -0.2) is 37.5 Å². The van der Waals surface area contributed by atoms with Gasteiger partial charge in [0.25, 0.3) is 0 Å². The maximum atomic E-state index is 12.0. The van der Waals surface area contributed by atoms with E-state index in [0.29, 0.717) is 6.42 Å². The molecule has 0 saturated carbocycles. The molecule has 7 heteroatoms. The number of unbranched alkanes of at least 4 members (excludes halogenated alkanes) is 1. The Labute approximate surface area is 179 Å². The highest BCUT2D eigenvalue weighted by Crippen LogP contribution is 2.12. The van der Waals surface area contributed by atoms with Crippen molar-refractivity contribution in [2.24, 2.45) is 0 Å². The van der Waals surface area contributed by atoms with Crippen LogP contribution in [0.15, 0.2) is 24.5 Å². The Morgan fingerprint density at radius 3 is 2.63 bits per heavy atom. The van der Waals surface area contributed by atoms with Crippen molar-refractivity contribution in [3.8, 4) is 0 Å². The summed E-state index contributed by atoms with van der Waals surface area (Å²) in [5.74, 6) is -1.18. The third-order valence-electron chi connectivity index (χ3n) is 4.67. The predicted octanol–water partition coefficient (Wildman–Crippen LogP) is 2.31. The lowest BCUT2D eigenvalue weighted by Crippen LogP contribution is -2.45. The number of hydrogen-bond donors (Lipinski definition) is 2. The van der Waals surface area contributed by atoms with E-state index in [9.17, 15) is 14.4 Å². The predicted molar refractivity (Wildman–Crippen MR) is 116 cm³/mol. The molecule has 0 saturated heterocycles. The maximum Gasteiger partial charge on any atom is 0.328 e. The topological polar surface area (TPSA) is 88.4 Å². The summed E-state index contributed by atoms with van der Waals surface area (Å²) in [4.78, 5) is 34.8.